The first-order chi connectivity index (χ1) is 11.1. The molecule has 0 spiro atoms. The number of esters is 2. The SMILES string of the molecule is O=C(COC(=O)C1C2CC3C(OC(=O)C31)C2Br)c1ccccc1. The summed E-state index contributed by atoms with van der Waals surface area (Å²) in [5, 5.41) is 0. The zero-order valence-electron chi connectivity index (χ0n) is 12.2. The Morgan fingerprint density at radius 3 is 2.70 bits per heavy atom. The first-order valence-electron chi connectivity index (χ1n) is 7.67. The van der Waals surface area contributed by atoms with Crippen molar-refractivity contribution < 1.29 is 23.9 Å². The van der Waals surface area contributed by atoms with E-state index in [2.05, 4.69) is 15.9 Å². The fourth-order valence-electron chi connectivity index (χ4n) is 4.23. The van der Waals surface area contributed by atoms with E-state index in [-0.39, 0.29) is 41.1 Å². The highest BCUT2D eigenvalue weighted by Gasteiger charge is 2.68. The Balaban J connectivity index is 1.44. The van der Waals surface area contributed by atoms with Gasteiger partial charge in [0, 0.05) is 11.5 Å². The first-order valence-corrected chi connectivity index (χ1v) is 8.59. The van der Waals surface area contributed by atoms with Crippen LogP contribution in [-0.4, -0.2) is 35.3 Å². The van der Waals surface area contributed by atoms with Crippen molar-refractivity contribution in [2.45, 2.75) is 17.4 Å². The maximum atomic E-state index is 12.4. The van der Waals surface area contributed by atoms with Gasteiger partial charge in [-0.05, 0) is 12.3 Å². The van der Waals surface area contributed by atoms with Gasteiger partial charge < -0.3 is 9.47 Å². The maximum absolute atomic E-state index is 12.4. The molecule has 5 nitrogen and oxygen atoms in total. The van der Waals surface area contributed by atoms with Crippen LogP contribution >= 0.6 is 15.9 Å². The summed E-state index contributed by atoms with van der Waals surface area (Å²) in [6, 6.07) is 8.70. The average Bonchev–Trinajstić information content (AvgIpc) is 3.17. The predicted octanol–water partition coefficient (Wildman–Crippen LogP) is 1.98. The summed E-state index contributed by atoms with van der Waals surface area (Å²) in [5.74, 6) is -1.78. The van der Waals surface area contributed by atoms with Crippen molar-refractivity contribution in [3.8, 4) is 0 Å². The minimum absolute atomic E-state index is 0.00225. The summed E-state index contributed by atoms with van der Waals surface area (Å²) in [6.07, 6.45) is 0.677. The zero-order valence-corrected chi connectivity index (χ0v) is 13.8. The normalized spacial score (nSPS) is 36.8. The molecule has 0 amide bonds. The Kier molecular flexibility index (Phi) is 3.52. The van der Waals surface area contributed by atoms with E-state index >= 15 is 0 Å². The van der Waals surface area contributed by atoms with Gasteiger partial charge in [0.25, 0.3) is 0 Å². The number of fused-ring (bicyclic) bond motifs is 1. The number of hydrogen-bond acceptors (Lipinski definition) is 5. The van der Waals surface area contributed by atoms with Crippen LogP contribution in [0.25, 0.3) is 0 Å². The van der Waals surface area contributed by atoms with Crippen molar-refractivity contribution in [1.82, 2.24) is 0 Å². The molecule has 1 aromatic carbocycles. The third-order valence-corrected chi connectivity index (χ3v) is 6.44. The first kappa shape index (κ1) is 14.9. The van der Waals surface area contributed by atoms with Crippen LogP contribution in [0.15, 0.2) is 30.3 Å². The Hall–Kier alpha value is -1.69. The van der Waals surface area contributed by atoms with Gasteiger partial charge in [0.05, 0.1) is 16.7 Å². The minimum atomic E-state index is -0.501. The van der Waals surface area contributed by atoms with E-state index in [4.69, 9.17) is 9.47 Å². The molecule has 4 rings (SSSR count). The molecular weight excluding hydrogens is 364 g/mol. The Bertz CT molecular complexity index is 673. The number of ketones is 1. The number of alkyl halides is 1. The van der Waals surface area contributed by atoms with Crippen LogP contribution in [0.4, 0.5) is 0 Å². The van der Waals surface area contributed by atoms with Crippen molar-refractivity contribution in [3.63, 3.8) is 0 Å². The molecule has 6 unspecified atom stereocenters. The van der Waals surface area contributed by atoms with Gasteiger partial charge in [0.15, 0.2) is 12.4 Å². The smallest absolute Gasteiger partial charge is 0.310 e. The minimum Gasteiger partial charge on any atom is -0.461 e. The quantitative estimate of drug-likeness (QED) is 0.455. The van der Waals surface area contributed by atoms with E-state index in [1.165, 1.54) is 0 Å². The van der Waals surface area contributed by atoms with Crippen molar-refractivity contribution in [2.75, 3.05) is 6.61 Å². The van der Waals surface area contributed by atoms with E-state index in [0.29, 0.717) is 5.56 Å². The number of rotatable bonds is 4. The van der Waals surface area contributed by atoms with Gasteiger partial charge in [0.1, 0.15) is 6.10 Å². The molecule has 0 N–H and O–H groups in total. The summed E-state index contributed by atoms with van der Waals surface area (Å²) < 4.78 is 10.6. The van der Waals surface area contributed by atoms with E-state index in [1.807, 2.05) is 6.07 Å². The lowest BCUT2D eigenvalue weighted by Gasteiger charge is -2.26. The van der Waals surface area contributed by atoms with Gasteiger partial charge in [-0.3, -0.25) is 14.4 Å². The fourth-order valence-corrected chi connectivity index (χ4v) is 5.28. The van der Waals surface area contributed by atoms with Crippen LogP contribution in [0, 0.1) is 23.7 Å². The fraction of sp³-hybridized carbons (Fsp3) is 0.471. The van der Waals surface area contributed by atoms with Gasteiger partial charge >= 0.3 is 11.9 Å². The second kappa shape index (κ2) is 5.44. The summed E-state index contributed by atoms with van der Waals surface area (Å²) in [5.41, 5.74) is 0.506. The molecule has 3 fully saturated rings. The summed E-state index contributed by atoms with van der Waals surface area (Å²) in [7, 11) is 0. The molecule has 2 saturated carbocycles. The van der Waals surface area contributed by atoms with Crippen molar-refractivity contribution in [1.29, 1.82) is 0 Å². The van der Waals surface area contributed by atoms with E-state index in [0.717, 1.165) is 6.42 Å². The van der Waals surface area contributed by atoms with Crippen molar-refractivity contribution in [2.24, 2.45) is 23.7 Å². The highest BCUT2D eigenvalue weighted by molar-refractivity contribution is 9.09. The van der Waals surface area contributed by atoms with Crippen LogP contribution in [0.2, 0.25) is 0 Å². The number of carbonyl (C=O) groups excluding carboxylic acids is 3. The van der Waals surface area contributed by atoms with Crippen molar-refractivity contribution >= 4 is 33.7 Å². The molecule has 23 heavy (non-hydrogen) atoms. The molecule has 2 aliphatic carbocycles. The third kappa shape index (κ3) is 2.23. The molecule has 3 aliphatic rings. The molecule has 6 atom stereocenters. The largest absolute Gasteiger partial charge is 0.461 e. The number of halogens is 1. The molecule has 1 aliphatic heterocycles. The molecule has 0 aromatic heterocycles. The van der Waals surface area contributed by atoms with Crippen LogP contribution in [0.1, 0.15) is 16.8 Å². The molecule has 1 heterocycles. The third-order valence-electron chi connectivity index (χ3n) is 5.24. The Morgan fingerprint density at radius 1 is 1.22 bits per heavy atom. The summed E-state index contributed by atoms with van der Waals surface area (Å²) >= 11 is 3.55. The zero-order chi connectivity index (χ0) is 16.1. The standard InChI is InChI=1S/C17H15BrO5/c18-14-9-6-10-13(17(21)23-15(10)14)12(9)16(20)22-7-11(19)8-4-2-1-3-5-8/h1-5,9-10,12-15H,6-7H2. The van der Waals surface area contributed by atoms with Crippen LogP contribution in [0.5, 0.6) is 0 Å². The number of carbonyl (C=O) groups is 3. The summed E-state index contributed by atoms with van der Waals surface area (Å²) in [4.78, 5) is 36.5. The lowest BCUT2D eigenvalue weighted by Crippen LogP contribution is -2.39. The molecule has 0 radical (unpaired) electrons. The highest BCUT2D eigenvalue weighted by atomic mass is 79.9. The second-order valence-corrected chi connectivity index (χ2v) is 7.42. The second-order valence-electron chi connectivity index (χ2n) is 6.36. The molecule has 2 bridgehead atoms. The van der Waals surface area contributed by atoms with E-state index < -0.39 is 17.8 Å². The lowest BCUT2D eigenvalue weighted by molar-refractivity contribution is -0.154. The van der Waals surface area contributed by atoms with Gasteiger partial charge in [-0.15, -0.1) is 0 Å². The topological polar surface area (TPSA) is 69.7 Å². The predicted molar refractivity (Wildman–Crippen MR) is 82.9 cm³/mol. The van der Waals surface area contributed by atoms with Crippen LogP contribution < -0.4 is 0 Å². The van der Waals surface area contributed by atoms with Crippen LogP contribution in [0.3, 0.4) is 0 Å². The van der Waals surface area contributed by atoms with Gasteiger partial charge in [0.2, 0.25) is 0 Å². The number of hydrogen-bond donors (Lipinski definition) is 0. The van der Waals surface area contributed by atoms with Crippen LogP contribution in [-0.2, 0) is 19.1 Å². The number of ether oxygens (including phenoxy) is 2. The molecular formula is C17H15BrO5. The van der Waals surface area contributed by atoms with E-state index in [1.54, 1.807) is 24.3 Å². The van der Waals surface area contributed by atoms with Gasteiger partial charge in [-0.2, -0.15) is 0 Å². The van der Waals surface area contributed by atoms with Crippen molar-refractivity contribution in [3.05, 3.63) is 35.9 Å². The van der Waals surface area contributed by atoms with E-state index in [9.17, 15) is 14.4 Å². The number of Topliss-reactive ketones (excluding diaryl/α,β-unsaturated/α-hetero) is 1. The molecule has 1 saturated heterocycles. The van der Waals surface area contributed by atoms with Gasteiger partial charge in [-0.1, -0.05) is 46.3 Å². The molecule has 120 valence electrons. The Labute approximate surface area is 141 Å². The maximum Gasteiger partial charge on any atom is 0.310 e. The lowest BCUT2D eigenvalue weighted by atomic mass is 9.80. The average molecular weight is 379 g/mol. The Morgan fingerprint density at radius 2 is 1.96 bits per heavy atom. The molecule has 6 heteroatoms. The highest BCUT2D eigenvalue weighted by Crippen LogP contribution is 2.60. The summed E-state index contributed by atoms with van der Waals surface area (Å²) in [6.45, 7) is -0.297. The molecule has 1 aromatic rings. The monoisotopic (exact) mass is 378 g/mol. The van der Waals surface area contributed by atoms with Gasteiger partial charge in [-0.25, -0.2) is 0 Å². The number of benzene rings is 1.